The first-order valence-electron chi connectivity index (χ1n) is 6.81. The zero-order valence-corrected chi connectivity index (χ0v) is 13.9. The summed E-state index contributed by atoms with van der Waals surface area (Å²) in [6.45, 7) is 1.46. The summed E-state index contributed by atoms with van der Waals surface area (Å²) in [5, 5.41) is 2.93. The SMILES string of the molecule is CN(C)Cc1ccc(CNC(=O)c2ccc(Br)cc2)cc1. The molecule has 0 saturated carbocycles. The van der Waals surface area contributed by atoms with E-state index in [-0.39, 0.29) is 5.91 Å². The molecule has 2 aromatic rings. The first-order chi connectivity index (χ1) is 10.0. The Morgan fingerprint density at radius 2 is 1.57 bits per heavy atom. The van der Waals surface area contributed by atoms with Gasteiger partial charge in [-0.25, -0.2) is 0 Å². The highest BCUT2D eigenvalue weighted by Crippen LogP contribution is 2.11. The molecule has 0 spiro atoms. The Hall–Kier alpha value is -1.65. The predicted octanol–water partition coefficient (Wildman–Crippen LogP) is 3.44. The lowest BCUT2D eigenvalue weighted by atomic mass is 10.1. The average Bonchev–Trinajstić information content (AvgIpc) is 2.46. The van der Waals surface area contributed by atoms with Crippen LogP contribution in [0.4, 0.5) is 0 Å². The molecule has 0 atom stereocenters. The van der Waals surface area contributed by atoms with Crippen molar-refractivity contribution >= 4 is 21.8 Å². The number of halogens is 1. The third-order valence-corrected chi connectivity index (χ3v) is 3.61. The van der Waals surface area contributed by atoms with Gasteiger partial charge in [0.25, 0.3) is 5.91 Å². The van der Waals surface area contributed by atoms with E-state index in [9.17, 15) is 4.79 Å². The summed E-state index contributed by atoms with van der Waals surface area (Å²) in [4.78, 5) is 14.1. The van der Waals surface area contributed by atoms with Crippen molar-refractivity contribution in [3.63, 3.8) is 0 Å². The quantitative estimate of drug-likeness (QED) is 0.899. The topological polar surface area (TPSA) is 32.3 Å². The van der Waals surface area contributed by atoms with Gasteiger partial charge in [0, 0.05) is 23.1 Å². The fourth-order valence-corrected chi connectivity index (χ4v) is 2.28. The maximum Gasteiger partial charge on any atom is 0.251 e. The second-order valence-electron chi connectivity index (χ2n) is 5.24. The molecular formula is C17H19BrN2O. The van der Waals surface area contributed by atoms with E-state index in [1.807, 2.05) is 26.2 Å². The highest BCUT2D eigenvalue weighted by molar-refractivity contribution is 9.10. The van der Waals surface area contributed by atoms with Gasteiger partial charge in [-0.2, -0.15) is 0 Å². The minimum atomic E-state index is -0.0557. The van der Waals surface area contributed by atoms with Crippen molar-refractivity contribution in [1.82, 2.24) is 10.2 Å². The van der Waals surface area contributed by atoms with Crippen LogP contribution in [0, 0.1) is 0 Å². The molecule has 0 aliphatic carbocycles. The molecule has 0 heterocycles. The Morgan fingerprint density at radius 1 is 1.00 bits per heavy atom. The van der Waals surface area contributed by atoms with Gasteiger partial charge in [-0.1, -0.05) is 40.2 Å². The van der Waals surface area contributed by atoms with Gasteiger partial charge in [-0.15, -0.1) is 0 Å². The van der Waals surface area contributed by atoms with Crippen LogP contribution in [0.15, 0.2) is 53.0 Å². The van der Waals surface area contributed by atoms with Crippen molar-refractivity contribution in [2.75, 3.05) is 14.1 Å². The lowest BCUT2D eigenvalue weighted by molar-refractivity contribution is 0.0951. The molecule has 2 rings (SSSR count). The standard InChI is InChI=1S/C17H19BrN2O/c1-20(2)12-14-5-3-13(4-6-14)11-19-17(21)15-7-9-16(18)10-8-15/h3-10H,11-12H2,1-2H3,(H,19,21). The van der Waals surface area contributed by atoms with Gasteiger partial charge in [0.2, 0.25) is 0 Å². The molecule has 1 amide bonds. The smallest absolute Gasteiger partial charge is 0.251 e. The molecule has 0 bridgehead atoms. The van der Waals surface area contributed by atoms with Gasteiger partial charge >= 0.3 is 0 Å². The van der Waals surface area contributed by atoms with Gasteiger partial charge in [0.15, 0.2) is 0 Å². The van der Waals surface area contributed by atoms with Gasteiger partial charge < -0.3 is 10.2 Å². The van der Waals surface area contributed by atoms with Crippen molar-refractivity contribution in [2.24, 2.45) is 0 Å². The highest BCUT2D eigenvalue weighted by atomic mass is 79.9. The van der Waals surface area contributed by atoms with E-state index in [4.69, 9.17) is 0 Å². The van der Waals surface area contributed by atoms with Crippen LogP contribution >= 0.6 is 15.9 Å². The van der Waals surface area contributed by atoms with Crippen molar-refractivity contribution in [3.8, 4) is 0 Å². The van der Waals surface area contributed by atoms with Crippen LogP contribution in [0.2, 0.25) is 0 Å². The fraction of sp³-hybridized carbons (Fsp3) is 0.235. The number of nitrogens with one attached hydrogen (secondary N) is 1. The minimum absolute atomic E-state index is 0.0557. The Labute approximate surface area is 134 Å². The molecule has 0 radical (unpaired) electrons. The molecule has 0 saturated heterocycles. The fourth-order valence-electron chi connectivity index (χ4n) is 2.01. The monoisotopic (exact) mass is 346 g/mol. The van der Waals surface area contributed by atoms with E-state index in [2.05, 4.69) is 50.4 Å². The summed E-state index contributed by atoms with van der Waals surface area (Å²) in [5.74, 6) is -0.0557. The molecular weight excluding hydrogens is 328 g/mol. The van der Waals surface area contributed by atoms with Gasteiger partial charge in [0.05, 0.1) is 0 Å². The molecule has 0 unspecified atom stereocenters. The second kappa shape index (κ2) is 7.38. The first kappa shape index (κ1) is 15.7. The predicted molar refractivity (Wildman–Crippen MR) is 89.1 cm³/mol. The molecule has 21 heavy (non-hydrogen) atoms. The minimum Gasteiger partial charge on any atom is -0.348 e. The van der Waals surface area contributed by atoms with E-state index < -0.39 is 0 Å². The van der Waals surface area contributed by atoms with Crippen molar-refractivity contribution < 1.29 is 4.79 Å². The molecule has 110 valence electrons. The van der Waals surface area contributed by atoms with Crippen molar-refractivity contribution in [3.05, 3.63) is 69.7 Å². The van der Waals surface area contributed by atoms with Crippen molar-refractivity contribution in [1.29, 1.82) is 0 Å². The molecule has 0 aliphatic heterocycles. The zero-order valence-electron chi connectivity index (χ0n) is 12.3. The number of benzene rings is 2. The zero-order chi connectivity index (χ0) is 15.2. The Kier molecular flexibility index (Phi) is 5.53. The summed E-state index contributed by atoms with van der Waals surface area (Å²) in [6, 6.07) is 15.7. The van der Waals surface area contributed by atoms with E-state index in [0.29, 0.717) is 12.1 Å². The lowest BCUT2D eigenvalue weighted by Crippen LogP contribution is -2.22. The number of nitrogens with zero attached hydrogens (tertiary/aromatic N) is 1. The normalized spacial score (nSPS) is 10.7. The average molecular weight is 347 g/mol. The highest BCUT2D eigenvalue weighted by Gasteiger charge is 2.04. The largest absolute Gasteiger partial charge is 0.348 e. The van der Waals surface area contributed by atoms with Crippen LogP contribution in [-0.2, 0) is 13.1 Å². The summed E-state index contributed by atoms with van der Waals surface area (Å²) in [6.07, 6.45) is 0. The summed E-state index contributed by atoms with van der Waals surface area (Å²) < 4.78 is 0.968. The maximum atomic E-state index is 12.0. The van der Waals surface area contributed by atoms with E-state index in [1.165, 1.54) is 5.56 Å². The number of hydrogen-bond donors (Lipinski definition) is 1. The molecule has 0 aromatic heterocycles. The molecule has 0 fully saturated rings. The molecule has 4 heteroatoms. The lowest BCUT2D eigenvalue weighted by Gasteiger charge is -2.10. The van der Waals surface area contributed by atoms with E-state index in [1.54, 1.807) is 12.1 Å². The van der Waals surface area contributed by atoms with Gasteiger partial charge in [-0.3, -0.25) is 4.79 Å². The van der Waals surface area contributed by atoms with Crippen LogP contribution in [0.1, 0.15) is 21.5 Å². The van der Waals surface area contributed by atoms with Crippen LogP contribution in [0.3, 0.4) is 0 Å². The summed E-state index contributed by atoms with van der Waals surface area (Å²) >= 11 is 3.36. The number of rotatable bonds is 5. The van der Waals surface area contributed by atoms with Crippen LogP contribution < -0.4 is 5.32 Å². The number of amides is 1. The summed E-state index contributed by atoms with van der Waals surface area (Å²) in [5.41, 5.74) is 3.04. The van der Waals surface area contributed by atoms with Gasteiger partial charge in [-0.05, 0) is 49.5 Å². The number of carbonyl (C=O) groups is 1. The summed E-state index contributed by atoms with van der Waals surface area (Å²) in [7, 11) is 4.10. The van der Waals surface area contributed by atoms with Crippen molar-refractivity contribution in [2.45, 2.75) is 13.1 Å². The number of hydrogen-bond acceptors (Lipinski definition) is 2. The maximum absolute atomic E-state index is 12.0. The van der Waals surface area contributed by atoms with Crippen LogP contribution in [0.5, 0.6) is 0 Å². The Balaban J connectivity index is 1.90. The van der Waals surface area contributed by atoms with E-state index >= 15 is 0 Å². The number of carbonyl (C=O) groups excluding carboxylic acids is 1. The molecule has 3 nitrogen and oxygen atoms in total. The van der Waals surface area contributed by atoms with E-state index in [0.717, 1.165) is 16.6 Å². The molecule has 0 aliphatic rings. The van der Waals surface area contributed by atoms with Crippen LogP contribution in [0.25, 0.3) is 0 Å². The Morgan fingerprint density at radius 3 is 2.14 bits per heavy atom. The first-order valence-corrected chi connectivity index (χ1v) is 7.60. The molecule has 2 aromatic carbocycles. The van der Waals surface area contributed by atoms with Crippen LogP contribution in [-0.4, -0.2) is 24.9 Å². The molecule has 1 N–H and O–H groups in total. The third kappa shape index (κ3) is 4.99. The Bertz CT molecular complexity index is 591. The van der Waals surface area contributed by atoms with Gasteiger partial charge in [0.1, 0.15) is 0 Å². The third-order valence-electron chi connectivity index (χ3n) is 3.08. The second-order valence-corrected chi connectivity index (χ2v) is 6.16.